The molecule has 1 saturated heterocycles. The van der Waals surface area contributed by atoms with E-state index in [2.05, 4.69) is 25.0 Å². The molecule has 1 aromatic carbocycles. The zero-order valence-electron chi connectivity index (χ0n) is 16.7. The van der Waals surface area contributed by atoms with Crippen molar-refractivity contribution in [3.8, 4) is 23.1 Å². The molecule has 1 aliphatic rings. The van der Waals surface area contributed by atoms with E-state index in [4.69, 9.17) is 9.26 Å². The average Bonchev–Trinajstić information content (AvgIpc) is 3.22. The molecular weight excluding hydrogens is 370 g/mol. The van der Waals surface area contributed by atoms with Crippen LogP contribution in [-0.4, -0.2) is 49.8 Å². The topological polar surface area (TPSA) is 97.4 Å². The molecule has 3 heterocycles. The third kappa shape index (κ3) is 4.54. The summed E-state index contributed by atoms with van der Waals surface area (Å²) in [4.78, 5) is 15.4. The number of aryl methyl sites for hydroxylation is 1. The predicted octanol–water partition coefficient (Wildman–Crippen LogP) is 3.32. The zero-order chi connectivity index (χ0) is 20.2. The molecule has 0 spiro atoms. The molecule has 1 aliphatic heterocycles. The van der Waals surface area contributed by atoms with E-state index in [1.54, 1.807) is 24.5 Å². The number of nitrogens with zero attached hydrogens (tertiary/aromatic N) is 5. The highest BCUT2D eigenvalue weighted by atomic mass is 16.5. The number of hydrogen-bond acceptors (Lipinski definition) is 8. The average molecular weight is 395 g/mol. The molecule has 2 aromatic heterocycles. The van der Waals surface area contributed by atoms with Gasteiger partial charge in [-0.15, -0.1) is 0 Å². The van der Waals surface area contributed by atoms with E-state index in [1.165, 1.54) is 0 Å². The summed E-state index contributed by atoms with van der Waals surface area (Å²) in [5.41, 5.74) is 2.32. The third-order valence-corrected chi connectivity index (χ3v) is 5.15. The minimum absolute atomic E-state index is 0.255. The fraction of sp³-hybridized carbons (Fsp3) is 0.429. The Labute approximate surface area is 169 Å². The Morgan fingerprint density at radius 3 is 2.76 bits per heavy atom. The Morgan fingerprint density at radius 2 is 2.03 bits per heavy atom. The van der Waals surface area contributed by atoms with E-state index in [9.17, 15) is 5.11 Å². The van der Waals surface area contributed by atoms with Crippen molar-refractivity contribution in [1.82, 2.24) is 25.0 Å². The number of aromatic hydroxyl groups is 1. The van der Waals surface area contributed by atoms with Gasteiger partial charge in [0.15, 0.2) is 5.82 Å². The SMILES string of the molecule is CCOc1ccc(O)c(CN2CCC(c3noc(-c4cnc(C)cn4)n3)CC2)c1. The maximum atomic E-state index is 10.2. The minimum Gasteiger partial charge on any atom is -0.508 e. The third-order valence-electron chi connectivity index (χ3n) is 5.15. The van der Waals surface area contributed by atoms with Crippen molar-refractivity contribution >= 4 is 0 Å². The predicted molar refractivity (Wildman–Crippen MR) is 107 cm³/mol. The Balaban J connectivity index is 1.36. The van der Waals surface area contributed by atoms with E-state index in [-0.39, 0.29) is 5.92 Å². The van der Waals surface area contributed by atoms with Gasteiger partial charge in [0.05, 0.1) is 18.5 Å². The highest BCUT2D eigenvalue weighted by molar-refractivity contribution is 5.44. The van der Waals surface area contributed by atoms with Crippen molar-refractivity contribution < 1.29 is 14.4 Å². The summed E-state index contributed by atoms with van der Waals surface area (Å²) < 4.78 is 10.9. The monoisotopic (exact) mass is 395 g/mol. The van der Waals surface area contributed by atoms with E-state index < -0.39 is 0 Å². The van der Waals surface area contributed by atoms with Gasteiger partial charge in [-0.1, -0.05) is 5.16 Å². The van der Waals surface area contributed by atoms with Crippen LogP contribution in [-0.2, 0) is 6.54 Å². The van der Waals surface area contributed by atoms with Crippen LogP contribution in [0.15, 0.2) is 35.1 Å². The van der Waals surface area contributed by atoms with Crippen LogP contribution in [0.3, 0.4) is 0 Å². The molecule has 8 nitrogen and oxygen atoms in total. The second-order valence-electron chi connectivity index (χ2n) is 7.27. The lowest BCUT2D eigenvalue weighted by molar-refractivity contribution is 0.198. The quantitative estimate of drug-likeness (QED) is 0.679. The first kappa shape index (κ1) is 19.3. The van der Waals surface area contributed by atoms with Crippen LogP contribution in [0.1, 0.15) is 42.8 Å². The molecule has 3 aromatic rings. The van der Waals surface area contributed by atoms with Crippen LogP contribution in [0.25, 0.3) is 11.6 Å². The second kappa shape index (κ2) is 8.57. The van der Waals surface area contributed by atoms with E-state index >= 15 is 0 Å². The van der Waals surface area contributed by atoms with Gasteiger partial charge in [0.25, 0.3) is 5.89 Å². The Kier molecular flexibility index (Phi) is 5.71. The molecule has 0 radical (unpaired) electrons. The first-order valence-corrected chi connectivity index (χ1v) is 9.92. The molecule has 0 amide bonds. The smallest absolute Gasteiger partial charge is 0.278 e. The van der Waals surface area contributed by atoms with Gasteiger partial charge in [0, 0.05) is 24.2 Å². The van der Waals surface area contributed by atoms with E-state index in [0.717, 1.165) is 48.8 Å². The van der Waals surface area contributed by atoms with Crippen molar-refractivity contribution in [2.45, 2.75) is 39.2 Å². The van der Waals surface area contributed by atoms with Crippen LogP contribution in [0.2, 0.25) is 0 Å². The molecule has 1 fully saturated rings. The standard InChI is InChI=1S/C21H25N5O3/c1-3-28-17-4-5-19(27)16(10-17)13-26-8-6-15(7-9-26)20-24-21(29-25-20)18-12-22-14(2)11-23-18/h4-5,10-12,15,27H,3,6-9,13H2,1-2H3. The van der Waals surface area contributed by atoms with Gasteiger partial charge in [0.1, 0.15) is 17.2 Å². The highest BCUT2D eigenvalue weighted by Crippen LogP contribution is 2.30. The number of aromatic nitrogens is 4. The fourth-order valence-electron chi connectivity index (χ4n) is 3.54. The highest BCUT2D eigenvalue weighted by Gasteiger charge is 2.25. The van der Waals surface area contributed by atoms with Crippen molar-refractivity contribution in [3.63, 3.8) is 0 Å². The summed E-state index contributed by atoms with van der Waals surface area (Å²) in [6.45, 7) is 6.93. The van der Waals surface area contributed by atoms with Crippen LogP contribution in [0.4, 0.5) is 0 Å². The number of benzene rings is 1. The number of ether oxygens (including phenoxy) is 1. The first-order chi connectivity index (χ1) is 14.1. The Bertz CT molecular complexity index is 949. The number of phenolic OH excluding ortho intramolecular Hbond substituents is 1. The molecule has 8 heteroatoms. The van der Waals surface area contributed by atoms with Crippen molar-refractivity contribution in [2.75, 3.05) is 19.7 Å². The van der Waals surface area contributed by atoms with Gasteiger partial charge in [-0.2, -0.15) is 4.98 Å². The van der Waals surface area contributed by atoms with E-state index in [1.807, 2.05) is 19.9 Å². The zero-order valence-corrected chi connectivity index (χ0v) is 16.7. The lowest BCUT2D eigenvalue weighted by atomic mass is 9.96. The maximum Gasteiger partial charge on any atom is 0.278 e. The number of piperidine rings is 1. The van der Waals surface area contributed by atoms with Crippen LogP contribution in [0.5, 0.6) is 11.5 Å². The Morgan fingerprint density at radius 1 is 1.21 bits per heavy atom. The van der Waals surface area contributed by atoms with Gasteiger partial charge < -0.3 is 14.4 Å². The van der Waals surface area contributed by atoms with Crippen LogP contribution in [0, 0.1) is 6.92 Å². The molecule has 0 bridgehead atoms. The van der Waals surface area contributed by atoms with Crippen molar-refractivity contribution in [2.24, 2.45) is 0 Å². The molecule has 4 rings (SSSR count). The molecule has 29 heavy (non-hydrogen) atoms. The van der Waals surface area contributed by atoms with Gasteiger partial charge >= 0.3 is 0 Å². The molecule has 0 aliphatic carbocycles. The van der Waals surface area contributed by atoms with Gasteiger partial charge in [-0.05, 0) is 58.0 Å². The van der Waals surface area contributed by atoms with Crippen LogP contribution < -0.4 is 4.74 Å². The molecule has 1 N–H and O–H groups in total. The maximum absolute atomic E-state index is 10.2. The second-order valence-corrected chi connectivity index (χ2v) is 7.27. The minimum atomic E-state index is 0.255. The summed E-state index contributed by atoms with van der Waals surface area (Å²) in [6.07, 6.45) is 5.21. The summed E-state index contributed by atoms with van der Waals surface area (Å²) in [5, 5.41) is 14.3. The largest absolute Gasteiger partial charge is 0.508 e. The number of rotatable bonds is 6. The lowest BCUT2D eigenvalue weighted by Crippen LogP contribution is -2.32. The molecule has 152 valence electrons. The lowest BCUT2D eigenvalue weighted by Gasteiger charge is -2.30. The number of likely N-dealkylation sites (tertiary alicyclic amines) is 1. The summed E-state index contributed by atoms with van der Waals surface area (Å²) >= 11 is 0. The molecular formula is C21H25N5O3. The Hall–Kier alpha value is -3.00. The van der Waals surface area contributed by atoms with Crippen molar-refractivity contribution in [3.05, 3.63) is 47.7 Å². The fourth-order valence-corrected chi connectivity index (χ4v) is 3.54. The molecule has 0 atom stereocenters. The number of phenols is 1. The van der Waals surface area contributed by atoms with Gasteiger partial charge in [-0.3, -0.25) is 9.88 Å². The summed E-state index contributed by atoms with van der Waals surface area (Å²) in [6, 6.07) is 5.40. The molecule has 0 unspecified atom stereocenters. The van der Waals surface area contributed by atoms with Crippen LogP contribution >= 0.6 is 0 Å². The summed E-state index contributed by atoms with van der Waals surface area (Å²) in [5.74, 6) is 2.48. The molecule has 0 saturated carbocycles. The number of hydrogen-bond donors (Lipinski definition) is 1. The first-order valence-electron chi connectivity index (χ1n) is 9.92. The van der Waals surface area contributed by atoms with E-state index in [0.29, 0.717) is 30.5 Å². The van der Waals surface area contributed by atoms with Crippen molar-refractivity contribution in [1.29, 1.82) is 0 Å². The normalized spacial score (nSPS) is 15.5. The van der Waals surface area contributed by atoms with Gasteiger partial charge in [-0.25, -0.2) is 4.98 Å². The van der Waals surface area contributed by atoms with Gasteiger partial charge in [0.2, 0.25) is 0 Å². The summed E-state index contributed by atoms with van der Waals surface area (Å²) in [7, 11) is 0.